The van der Waals surface area contributed by atoms with Crippen LogP contribution in [-0.2, 0) is 9.59 Å². The molecule has 1 heterocycles. The van der Waals surface area contributed by atoms with Crippen LogP contribution >= 0.6 is 23.2 Å². The maximum absolute atomic E-state index is 12.1. The summed E-state index contributed by atoms with van der Waals surface area (Å²) in [5.41, 5.74) is 0.764. The number of carboxylic acid groups (broad SMARTS) is 1. The first kappa shape index (κ1) is 15.9. The van der Waals surface area contributed by atoms with Crippen LogP contribution in [0.1, 0.15) is 12.5 Å². The summed E-state index contributed by atoms with van der Waals surface area (Å²) < 4.78 is 0. The average Bonchev–Trinajstić information content (AvgIpc) is 2.82. The Morgan fingerprint density at radius 2 is 2.00 bits per heavy atom. The minimum Gasteiger partial charge on any atom is -0.481 e. The number of amides is 1. The van der Waals surface area contributed by atoms with Gasteiger partial charge in [0.05, 0.1) is 16.0 Å². The predicted octanol–water partition coefficient (Wildman–Crippen LogP) is 3.19. The highest BCUT2D eigenvalue weighted by molar-refractivity contribution is 6.42. The Morgan fingerprint density at radius 1 is 1.29 bits per heavy atom. The average molecular weight is 328 g/mol. The van der Waals surface area contributed by atoms with Crippen LogP contribution in [0.3, 0.4) is 0 Å². The Morgan fingerprint density at radius 3 is 2.57 bits per heavy atom. The molecule has 2 rings (SSSR count). The third-order valence-corrected chi connectivity index (χ3v) is 4.34. The lowest BCUT2D eigenvalue weighted by Crippen LogP contribution is -2.28. The summed E-state index contributed by atoms with van der Waals surface area (Å²) in [5.74, 6) is -1.58. The monoisotopic (exact) mass is 327 g/mol. The maximum atomic E-state index is 12.1. The molecule has 0 aromatic heterocycles. The van der Waals surface area contributed by atoms with Crippen molar-refractivity contribution in [3.63, 3.8) is 0 Å². The van der Waals surface area contributed by atoms with E-state index < -0.39 is 11.9 Å². The van der Waals surface area contributed by atoms with Gasteiger partial charge in [-0.2, -0.15) is 0 Å². The zero-order valence-corrected chi connectivity index (χ0v) is 12.9. The first-order chi connectivity index (χ1) is 9.88. The predicted molar refractivity (Wildman–Crippen MR) is 82.4 cm³/mol. The van der Waals surface area contributed by atoms with Crippen molar-refractivity contribution in [3.8, 4) is 0 Å². The Kier molecular flexibility index (Phi) is 4.91. The smallest absolute Gasteiger partial charge is 0.308 e. The molecule has 1 aromatic rings. The minimum atomic E-state index is -0.855. The fourth-order valence-electron chi connectivity index (χ4n) is 2.36. The van der Waals surface area contributed by atoms with Gasteiger partial charge in [0.1, 0.15) is 0 Å². The molecule has 0 saturated carbocycles. The largest absolute Gasteiger partial charge is 0.481 e. The lowest BCUT2D eigenvalue weighted by Gasteiger charge is -2.12. The van der Waals surface area contributed by atoms with Gasteiger partial charge in [0.25, 0.3) is 0 Å². The first-order valence-corrected chi connectivity index (χ1v) is 7.29. The van der Waals surface area contributed by atoms with E-state index in [0.29, 0.717) is 16.6 Å². The maximum Gasteiger partial charge on any atom is 0.308 e. The molecule has 1 N–H and O–H groups in total. The molecule has 0 radical (unpaired) electrons. The van der Waals surface area contributed by atoms with Gasteiger partial charge in [-0.1, -0.05) is 36.2 Å². The summed E-state index contributed by atoms with van der Waals surface area (Å²) in [7, 11) is 0. The summed E-state index contributed by atoms with van der Waals surface area (Å²) in [5, 5.41) is 9.94. The molecule has 1 fully saturated rings. The van der Waals surface area contributed by atoms with E-state index in [1.54, 1.807) is 29.2 Å². The molecule has 1 saturated heterocycles. The lowest BCUT2D eigenvalue weighted by atomic mass is 9.99. The molecule has 4 nitrogen and oxygen atoms in total. The molecule has 1 aliphatic heterocycles. The Labute approximate surface area is 133 Å². The van der Waals surface area contributed by atoms with Crippen LogP contribution in [0.25, 0.3) is 6.08 Å². The number of halogens is 2. The molecule has 1 amide bonds. The van der Waals surface area contributed by atoms with Gasteiger partial charge in [0.2, 0.25) is 5.91 Å². The number of rotatable bonds is 3. The van der Waals surface area contributed by atoms with Crippen molar-refractivity contribution in [1.82, 2.24) is 4.90 Å². The highest BCUT2D eigenvalue weighted by Gasteiger charge is 2.36. The van der Waals surface area contributed by atoms with Crippen LogP contribution in [0.4, 0.5) is 0 Å². The van der Waals surface area contributed by atoms with Gasteiger partial charge in [-0.3, -0.25) is 9.59 Å². The van der Waals surface area contributed by atoms with Crippen LogP contribution in [0.2, 0.25) is 10.0 Å². The Bertz CT molecular complexity index is 601. The highest BCUT2D eigenvalue weighted by atomic mass is 35.5. The van der Waals surface area contributed by atoms with Crippen LogP contribution in [-0.4, -0.2) is 35.0 Å². The molecule has 0 bridgehead atoms. The van der Waals surface area contributed by atoms with Gasteiger partial charge in [-0.25, -0.2) is 0 Å². The van der Waals surface area contributed by atoms with Crippen LogP contribution in [0.5, 0.6) is 0 Å². The van der Waals surface area contributed by atoms with E-state index in [1.165, 1.54) is 6.08 Å². The second-order valence-electron chi connectivity index (χ2n) is 5.17. The molecular weight excluding hydrogens is 313 g/mol. The van der Waals surface area contributed by atoms with Crippen molar-refractivity contribution in [2.75, 3.05) is 13.1 Å². The summed E-state index contributed by atoms with van der Waals surface area (Å²) in [4.78, 5) is 24.7. The number of likely N-dealkylation sites (tertiary alicyclic amines) is 1. The summed E-state index contributed by atoms with van der Waals surface area (Å²) in [6.07, 6.45) is 3.07. The summed E-state index contributed by atoms with van der Waals surface area (Å²) in [6, 6.07) is 5.08. The SMILES string of the molecule is C[C@@H]1CN(C(=O)/C=C/c2ccc(Cl)c(Cl)c2)C[C@H]1C(=O)O. The molecule has 6 heteroatoms. The van der Waals surface area contributed by atoms with Gasteiger partial charge in [-0.15, -0.1) is 0 Å². The fraction of sp³-hybridized carbons (Fsp3) is 0.333. The minimum absolute atomic E-state index is 0.0372. The third kappa shape index (κ3) is 3.77. The molecule has 21 heavy (non-hydrogen) atoms. The quantitative estimate of drug-likeness (QED) is 0.867. The van der Waals surface area contributed by atoms with Crippen LogP contribution in [0, 0.1) is 11.8 Å². The molecule has 0 aliphatic carbocycles. The van der Waals surface area contributed by atoms with E-state index >= 15 is 0 Å². The van der Waals surface area contributed by atoms with Crippen molar-refractivity contribution in [3.05, 3.63) is 39.9 Å². The summed E-state index contributed by atoms with van der Waals surface area (Å²) in [6.45, 7) is 2.55. The van der Waals surface area contributed by atoms with Crippen molar-refractivity contribution in [2.45, 2.75) is 6.92 Å². The zero-order chi connectivity index (χ0) is 15.6. The van der Waals surface area contributed by atoms with Crippen LogP contribution in [0.15, 0.2) is 24.3 Å². The van der Waals surface area contributed by atoms with E-state index in [9.17, 15) is 9.59 Å². The molecule has 1 aliphatic rings. The number of hydrogen-bond acceptors (Lipinski definition) is 2. The standard InChI is InChI=1S/C15H15Cl2NO3/c1-9-7-18(8-11(9)15(20)21)14(19)5-3-10-2-4-12(16)13(17)6-10/h2-6,9,11H,7-8H2,1H3,(H,20,21)/b5-3+/t9-,11-/m1/s1. The van der Waals surface area contributed by atoms with Gasteiger partial charge in [-0.05, 0) is 29.7 Å². The number of hydrogen-bond donors (Lipinski definition) is 1. The van der Waals surface area contributed by atoms with Crippen molar-refractivity contribution >= 4 is 41.2 Å². The zero-order valence-electron chi connectivity index (χ0n) is 11.4. The Hall–Kier alpha value is -1.52. The van der Waals surface area contributed by atoms with Crippen LogP contribution < -0.4 is 0 Å². The normalized spacial score (nSPS) is 22.0. The summed E-state index contributed by atoms with van der Waals surface area (Å²) >= 11 is 11.7. The number of nitrogens with zero attached hydrogens (tertiary/aromatic N) is 1. The third-order valence-electron chi connectivity index (χ3n) is 3.60. The van der Waals surface area contributed by atoms with E-state index in [0.717, 1.165) is 5.56 Å². The number of aliphatic carboxylic acids is 1. The molecule has 0 spiro atoms. The van der Waals surface area contributed by atoms with E-state index in [4.69, 9.17) is 28.3 Å². The Balaban J connectivity index is 2.03. The molecule has 0 unspecified atom stereocenters. The molecule has 2 atom stereocenters. The van der Waals surface area contributed by atoms with E-state index in [-0.39, 0.29) is 18.4 Å². The van der Waals surface area contributed by atoms with Crippen molar-refractivity contribution < 1.29 is 14.7 Å². The van der Waals surface area contributed by atoms with Crippen molar-refractivity contribution in [1.29, 1.82) is 0 Å². The highest BCUT2D eigenvalue weighted by Crippen LogP contribution is 2.25. The van der Waals surface area contributed by atoms with Gasteiger partial charge in [0.15, 0.2) is 0 Å². The number of carbonyl (C=O) groups excluding carboxylic acids is 1. The number of benzene rings is 1. The molecular formula is C15H15Cl2NO3. The second kappa shape index (κ2) is 6.50. The fourth-order valence-corrected chi connectivity index (χ4v) is 2.66. The number of carbonyl (C=O) groups is 2. The first-order valence-electron chi connectivity index (χ1n) is 6.53. The lowest BCUT2D eigenvalue weighted by molar-refractivity contribution is -0.142. The second-order valence-corrected chi connectivity index (χ2v) is 5.99. The van der Waals surface area contributed by atoms with E-state index in [1.807, 2.05) is 6.92 Å². The van der Waals surface area contributed by atoms with Gasteiger partial charge >= 0.3 is 5.97 Å². The van der Waals surface area contributed by atoms with Crippen molar-refractivity contribution in [2.24, 2.45) is 11.8 Å². The number of carboxylic acids is 1. The molecule has 112 valence electrons. The van der Waals surface area contributed by atoms with Gasteiger partial charge in [0, 0.05) is 19.2 Å². The van der Waals surface area contributed by atoms with E-state index in [2.05, 4.69) is 0 Å². The van der Waals surface area contributed by atoms with Gasteiger partial charge < -0.3 is 10.0 Å². The topological polar surface area (TPSA) is 57.6 Å². The molecule has 1 aromatic carbocycles.